The highest BCUT2D eigenvalue weighted by molar-refractivity contribution is 5.96. The maximum absolute atomic E-state index is 13.2. The van der Waals surface area contributed by atoms with E-state index in [2.05, 4.69) is 20.5 Å². The van der Waals surface area contributed by atoms with Crippen LogP contribution >= 0.6 is 0 Å². The second kappa shape index (κ2) is 8.80. The Morgan fingerprint density at radius 2 is 1.72 bits per heavy atom. The van der Waals surface area contributed by atoms with Gasteiger partial charge in [-0.2, -0.15) is 0 Å². The minimum Gasteiger partial charge on any atom is -0.353 e. The number of rotatable bonds is 4. The molecular weight excluding hydrogens is 387 g/mol. The predicted octanol–water partition coefficient (Wildman–Crippen LogP) is 2.36. The molecule has 2 aromatic rings. The Labute approximate surface area is 165 Å². The van der Waals surface area contributed by atoms with E-state index < -0.39 is 35.4 Å². The quantitative estimate of drug-likeness (QED) is 0.763. The first-order valence-electron chi connectivity index (χ1n) is 9.02. The summed E-state index contributed by atoms with van der Waals surface area (Å²) in [5.74, 6) is -4.30. The van der Waals surface area contributed by atoms with Crippen LogP contribution in [0.15, 0.2) is 36.5 Å². The summed E-state index contributed by atoms with van der Waals surface area (Å²) in [5, 5.41) is 4.80. The van der Waals surface area contributed by atoms with Gasteiger partial charge in [0.25, 0.3) is 0 Å². The van der Waals surface area contributed by atoms with Crippen LogP contribution in [0.1, 0.15) is 6.92 Å². The number of amides is 3. The van der Waals surface area contributed by atoms with Crippen LogP contribution in [0, 0.1) is 17.5 Å². The highest BCUT2D eigenvalue weighted by Crippen LogP contribution is 2.17. The van der Waals surface area contributed by atoms with Crippen molar-refractivity contribution in [2.75, 3.05) is 36.4 Å². The van der Waals surface area contributed by atoms with E-state index in [0.29, 0.717) is 38.3 Å². The van der Waals surface area contributed by atoms with Crippen molar-refractivity contribution >= 4 is 23.4 Å². The molecule has 29 heavy (non-hydrogen) atoms. The normalized spacial score (nSPS) is 15.0. The third kappa shape index (κ3) is 4.95. The fourth-order valence-electron chi connectivity index (χ4n) is 2.90. The number of carbonyl (C=O) groups excluding carboxylic acids is 2. The molecule has 3 rings (SSSR count). The van der Waals surface area contributed by atoms with Gasteiger partial charge >= 0.3 is 6.03 Å². The van der Waals surface area contributed by atoms with E-state index in [1.807, 2.05) is 18.2 Å². The smallest absolute Gasteiger partial charge is 0.318 e. The van der Waals surface area contributed by atoms with E-state index in [-0.39, 0.29) is 5.69 Å². The van der Waals surface area contributed by atoms with Gasteiger partial charge in [0, 0.05) is 50.2 Å². The van der Waals surface area contributed by atoms with E-state index in [1.165, 1.54) is 6.92 Å². The van der Waals surface area contributed by atoms with Gasteiger partial charge in [0.1, 0.15) is 11.9 Å². The third-order valence-electron chi connectivity index (χ3n) is 4.52. The Morgan fingerprint density at radius 1 is 1.07 bits per heavy atom. The SMILES string of the molecule is CC(NC(=O)N1CCN(c2ccccn2)CC1)C(=O)Nc1cc(F)c(F)c(F)c1. The molecule has 0 saturated carbocycles. The fraction of sp³-hybridized carbons (Fsp3) is 0.316. The lowest BCUT2D eigenvalue weighted by molar-refractivity contribution is -0.117. The number of hydrogen-bond donors (Lipinski definition) is 2. The largest absolute Gasteiger partial charge is 0.353 e. The Bertz CT molecular complexity index is 866. The number of anilines is 2. The molecule has 3 amide bonds. The Morgan fingerprint density at radius 3 is 2.31 bits per heavy atom. The van der Waals surface area contributed by atoms with Gasteiger partial charge in [-0.05, 0) is 19.1 Å². The summed E-state index contributed by atoms with van der Waals surface area (Å²) in [6, 6.07) is 5.55. The van der Waals surface area contributed by atoms with Crippen molar-refractivity contribution in [3.63, 3.8) is 0 Å². The van der Waals surface area contributed by atoms with Gasteiger partial charge in [0.2, 0.25) is 5.91 Å². The first-order valence-corrected chi connectivity index (χ1v) is 9.02. The number of carbonyl (C=O) groups is 2. The lowest BCUT2D eigenvalue weighted by atomic mass is 10.2. The predicted molar refractivity (Wildman–Crippen MR) is 101 cm³/mol. The number of pyridine rings is 1. The fourth-order valence-corrected chi connectivity index (χ4v) is 2.90. The van der Waals surface area contributed by atoms with Gasteiger partial charge in [-0.15, -0.1) is 0 Å². The topological polar surface area (TPSA) is 77.6 Å². The molecule has 7 nitrogen and oxygen atoms in total. The molecule has 1 unspecified atom stereocenters. The van der Waals surface area contributed by atoms with Crippen molar-refractivity contribution in [2.45, 2.75) is 13.0 Å². The number of piperazine rings is 1. The number of benzene rings is 1. The minimum atomic E-state index is -1.62. The van der Waals surface area contributed by atoms with E-state index in [4.69, 9.17) is 0 Å². The minimum absolute atomic E-state index is 0.239. The number of hydrogen-bond acceptors (Lipinski definition) is 4. The van der Waals surface area contributed by atoms with Crippen LogP contribution < -0.4 is 15.5 Å². The molecule has 1 aromatic carbocycles. The molecule has 0 aliphatic carbocycles. The second-order valence-electron chi connectivity index (χ2n) is 6.58. The zero-order valence-corrected chi connectivity index (χ0v) is 15.7. The maximum atomic E-state index is 13.2. The maximum Gasteiger partial charge on any atom is 0.318 e. The van der Waals surface area contributed by atoms with Crippen LogP contribution in [0.5, 0.6) is 0 Å². The summed E-state index contributed by atoms with van der Waals surface area (Å²) < 4.78 is 39.5. The lowest BCUT2D eigenvalue weighted by Crippen LogP contribution is -2.54. The van der Waals surface area contributed by atoms with E-state index in [1.54, 1.807) is 11.1 Å². The molecule has 1 fully saturated rings. The molecule has 1 aromatic heterocycles. The third-order valence-corrected chi connectivity index (χ3v) is 4.52. The molecule has 1 aliphatic rings. The van der Waals surface area contributed by atoms with Crippen LogP contribution in [0.25, 0.3) is 0 Å². The molecule has 0 spiro atoms. The molecule has 2 N–H and O–H groups in total. The number of nitrogens with zero attached hydrogens (tertiary/aromatic N) is 3. The van der Waals surface area contributed by atoms with E-state index in [9.17, 15) is 22.8 Å². The van der Waals surface area contributed by atoms with Gasteiger partial charge in [-0.1, -0.05) is 6.07 Å². The summed E-state index contributed by atoms with van der Waals surface area (Å²) in [4.78, 5) is 32.5. The lowest BCUT2D eigenvalue weighted by Gasteiger charge is -2.35. The average Bonchev–Trinajstić information content (AvgIpc) is 2.72. The van der Waals surface area contributed by atoms with Gasteiger partial charge in [-0.25, -0.2) is 22.9 Å². The summed E-state index contributed by atoms with van der Waals surface area (Å²) in [6.45, 7) is 3.53. The summed E-state index contributed by atoms with van der Waals surface area (Å²) in [6.07, 6.45) is 1.70. The van der Waals surface area contributed by atoms with Crippen LogP contribution in [0.2, 0.25) is 0 Å². The number of urea groups is 1. The zero-order chi connectivity index (χ0) is 21.0. The summed E-state index contributed by atoms with van der Waals surface area (Å²) in [5.41, 5.74) is -0.239. The Hall–Kier alpha value is -3.30. The summed E-state index contributed by atoms with van der Waals surface area (Å²) >= 11 is 0. The van der Waals surface area contributed by atoms with Crippen molar-refractivity contribution in [2.24, 2.45) is 0 Å². The summed E-state index contributed by atoms with van der Waals surface area (Å²) in [7, 11) is 0. The molecular formula is C19H20F3N5O2. The second-order valence-corrected chi connectivity index (χ2v) is 6.58. The van der Waals surface area contributed by atoms with Crippen molar-refractivity contribution < 1.29 is 22.8 Å². The number of halogens is 3. The van der Waals surface area contributed by atoms with E-state index >= 15 is 0 Å². The average molecular weight is 407 g/mol. The molecule has 0 radical (unpaired) electrons. The first-order chi connectivity index (χ1) is 13.8. The van der Waals surface area contributed by atoms with Crippen molar-refractivity contribution in [3.8, 4) is 0 Å². The van der Waals surface area contributed by atoms with Crippen molar-refractivity contribution in [1.82, 2.24) is 15.2 Å². The van der Waals surface area contributed by atoms with Crippen molar-refractivity contribution in [3.05, 3.63) is 54.0 Å². The zero-order valence-electron chi connectivity index (χ0n) is 15.7. The molecule has 0 bridgehead atoms. The monoisotopic (exact) mass is 407 g/mol. The Balaban J connectivity index is 1.51. The highest BCUT2D eigenvalue weighted by atomic mass is 19.2. The van der Waals surface area contributed by atoms with Gasteiger partial charge in [0.15, 0.2) is 17.5 Å². The number of nitrogens with one attached hydrogen (secondary N) is 2. The van der Waals surface area contributed by atoms with Crippen LogP contribution in [-0.4, -0.2) is 54.0 Å². The van der Waals surface area contributed by atoms with Gasteiger partial charge in [-0.3, -0.25) is 4.79 Å². The van der Waals surface area contributed by atoms with Gasteiger partial charge in [0.05, 0.1) is 0 Å². The molecule has 1 atom stereocenters. The standard InChI is InChI=1S/C19H20F3N5O2/c1-12(18(28)25-13-10-14(20)17(22)15(21)11-13)24-19(29)27-8-6-26(7-9-27)16-4-2-3-5-23-16/h2-5,10-12H,6-9H2,1H3,(H,24,29)(H,25,28). The van der Waals surface area contributed by atoms with Crippen LogP contribution in [0.3, 0.4) is 0 Å². The molecule has 1 aliphatic heterocycles. The molecule has 1 saturated heterocycles. The van der Waals surface area contributed by atoms with Gasteiger partial charge < -0.3 is 20.4 Å². The molecule has 10 heteroatoms. The first kappa shape index (κ1) is 20.4. The Kier molecular flexibility index (Phi) is 6.20. The molecule has 2 heterocycles. The highest BCUT2D eigenvalue weighted by Gasteiger charge is 2.24. The molecule has 154 valence electrons. The van der Waals surface area contributed by atoms with Crippen LogP contribution in [0.4, 0.5) is 29.5 Å². The van der Waals surface area contributed by atoms with Crippen LogP contribution in [-0.2, 0) is 4.79 Å². The van der Waals surface area contributed by atoms with Crippen molar-refractivity contribution in [1.29, 1.82) is 0 Å². The number of aromatic nitrogens is 1. The van der Waals surface area contributed by atoms with E-state index in [0.717, 1.165) is 5.82 Å².